The molecule has 0 unspecified atom stereocenters. The number of benzene rings is 1. The van der Waals surface area contributed by atoms with Gasteiger partial charge in [0.2, 0.25) is 0 Å². The minimum absolute atomic E-state index is 0.152. The molecule has 0 saturated carbocycles. The van der Waals surface area contributed by atoms with Gasteiger partial charge in [-0.05, 0) is 26.2 Å². The zero-order valence-corrected chi connectivity index (χ0v) is 12.2. The fourth-order valence-electron chi connectivity index (χ4n) is 1.55. The number of methoxy groups -OCH3 is 1. The first-order valence-electron chi connectivity index (χ1n) is 6.43. The van der Waals surface area contributed by atoms with Gasteiger partial charge in [0.1, 0.15) is 0 Å². The number of ether oxygens (including phenoxy) is 2. The average Bonchev–Trinajstić information content (AvgIpc) is 2.42. The first kappa shape index (κ1) is 16.3. The predicted molar refractivity (Wildman–Crippen MR) is 76.4 cm³/mol. The Kier molecular flexibility index (Phi) is 6.83. The Morgan fingerprint density at radius 3 is 2.75 bits per heavy atom. The van der Waals surface area contributed by atoms with Crippen molar-refractivity contribution in [3.63, 3.8) is 0 Å². The maximum atomic E-state index is 11.9. The van der Waals surface area contributed by atoms with Crippen molar-refractivity contribution in [1.29, 1.82) is 0 Å². The second-order valence-corrected chi connectivity index (χ2v) is 4.53. The van der Waals surface area contributed by atoms with Gasteiger partial charge in [0.25, 0.3) is 5.91 Å². The van der Waals surface area contributed by atoms with Crippen LogP contribution in [-0.2, 0) is 4.74 Å². The summed E-state index contributed by atoms with van der Waals surface area (Å²) in [5.41, 5.74) is 0.192. The number of amides is 1. The maximum Gasteiger partial charge on any atom is 0.255 e. The van der Waals surface area contributed by atoms with Crippen molar-refractivity contribution in [3.8, 4) is 11.5 Å². The van der Waals surface area contributed by atoms with Crippen molar-refractivity contribution in [2.45, 2.75) is 0 Å². The molecule has 0 heterocycles. The zero-order valence-electron chi connectivity index (χ0n) is 12.2. The molecule has 1 aromatic carbocycles. The molecule has 0 aliphatic carbocycles. The lowest BCUT2D eigenvalue weighted by molar-refractivity contribution is 0.0897. The highest BCUT2D eigenvalue weighted by molar-refractivity contribution is 5.97. The third-order valence-corrected chi connectivity index (χ3v) is 2.68. The SMILES string of the molecule is COc1cccc(C(=O)NCCOCCN(C)C)c1O. The number of phenolic OH excluding ortho intramolecular Hbond substituents is 1. The van der Waals surface area contributed by atoms with E-state index in [0.717, 1.165) is 6.54 Å². The molecule has 0 aromatic heterocycles. The van der Waals surface area contributed by atoms with Gasteiger partial charge in [-0.3, -0.25) is 4.79 Å². The molecule has 1 aromatic rings. The topological polar surface area (TPSA) is 71.0 Å². The Bertz CT molecular complexity index is 435. The molecule has 0 radical (unpaired) electrons. The monoisotopic (exact) mass is 282 g/mol. The van der Waals surface area contributed by atoms with E-state index in [1.54, 1.807) is 18.2 Å². The number of hydrogen-bond donors (Lipinski definition) is 2. The van der Waals surface area contributed by atoms with Gasteiger partial charge in [-0.25, -0.2) is 0 Å². The van der Waals surface area contributed by atoms with Gasteiger partial charge >= 0.3 is 0 Å². The average molecular weight is 282 g/mol. The Hall–Kier alpha value is -1.79. The molecule has 0 bridgehead atoms. The van der Waals surface area contributed by atoms with Gasteiger partial charge in [0.15, 0.2) is 11.5 Å². The van der Waals surface area contributed by atoms with E-state index in [9.17, 15) is 9.90 Å². The van der Waals surface area contributed by atoms with Crippen LogP contribution in [0.5, 0.6) is 11.5 Å². The smallest absolute Gasteiger partial charge is 0.255 e. The number of hydrogen-bond acceptors (Lipinski definition) is 5. The summed E-state index contributed by atoms with van der Waals surface area (Å²) < 4.78 is 10.3. The lowest BCUT2D eigenvalue weighted by Crippen LogP contribution is -2.28. The molecule has 20 heavy (non-hydrogen) atoms. The second-order valence-electron chi connectivity index (χ2n) is 4.53. The van der Waals surface area contributed by atoms with Gasteiger partial charge in [0.05, 0.1) is 25.9 Å². The number of phenols is 1. The van der Waals surface area contributed by atoms with E-state index in [-0.39, 0.29) is 23.0 Å². The fourth-order valence-corrected chi connectivity index (χ4v) is 1.55. The lowest BCUT2D eigenvalue weighted by atomic mass is 10.1. The molecular formula is C14H22N2O4. The highest BCUT2D eigenvalue weighted by Crippen LogP contribution is 2.28. The number of rotatable bonds is 8. The molecular weight excluding hydrogens is 260 g/mol. The fraction of sp³-hybridized carbons (Fsp3) is 0.500. The normalized spacial score (nSPS) is 10.6. The first-order valence-corrected chi connectivity index (χ1v) is 6.43. The van der Waals surface area contributed by atoms with Crippen LogP contribution in [0.25, 0.3) is 0 Å². The van der Waals surface area contributed by atoms with E-state index >= 15 is 0 Å². The lowest BCUT2D eigenvalue weighted by Gasteiger charge is -2.11. The molecule has 6 nitrogen and oxygen atoms in total. The molecule has 112 valence electrons. The Morgan fingerprint density at radius 2 is 2.10 bits per heavy atom. The van der Waals surface area contributed by atoms with Crippen molar-refractivity contribution in [2.24, 2.45) is 0 Å². The molecule has 2 N–H and O–H groups in total. The Labute approximate surface area is 119 Å². The van der Waals surface area contributed by atoms with Crippen LogP contribution in [0.15, 0.2) is 18.2 Å². The van der Waals surface area contributed by atoms with Crippen LogP contribution in [0.2, 0.25) is 0 Å². The minimum atomic E-state index is -0.349. The summed E-state index contributed by atoms with van der Waals surface area (Å²) >= 11 is 0. The first-order chi connectivity index (χ1) is 9.56. The Morgan fingerprint density at radius 1 is 1.35 bits per heavy atom. The second kappa shape index (κ2) is 8.39. The van der Waals surface area contributed by atoms with Crippen LogP contribution in [0, 0.1) is 0 Å². The van der Waals surface area contributed by atoms with Crippen molar-refractivity contribution in [3.05, 3.63) is 23.8 Å². The van der Waals surface area contributed by atoms with E-state index in [0.29, 0.717) is 19.8 Å². The van der Waals surface area contributed by atoms with Crippen LogP contribution in [0.1, 0.15) is 10.4 Å². The van der Waals surface area contributed by atoms with Gasteiger partial charge in [-0.1, -0.05) is 6.07 Å². The van der Waals surface area contributed by atoms with Gasteiger partial charge < -0.3 is 24.8 Å². The third kappa shape index (κ3) is 5.07. The number of para-hydroxylation sites is 1. The van der Waals surface area contributed by atoms with E-state index in [1.807, 2.05) is 19.0 Å². The number of aromatic hydroxyl groups is 1. The van der Waals surface area contributed by atoms with E-state index in [4.69, 9.17) is 9.47 Å². The minimum Gasteiger partial charge on any atom is -0.504 e. The van der Waals surface area contributed by atoms with Crippen LogP contribution in [0.4, 0.5) is 0 Å². The zero-order chi connectivity index (χ0) is 15.0. The number of carbonyl (C=O) groups is 1. The summed E-state index contributed by atoms with van der Waals surface area (Å²) in [7, 11) is 5.38. The largest absolute Gasteiger partial charge is 0.504 e. The summed E-state index contributed by atoms with van der Waals surface area (Å²) in [6.07, 6.45) is 0. The summed E-state index contributed by atoms with van der Waals surface area (Å²) in [6, 6.07) is 4.79. The molecule has 0 aliphatic heterocycles. The molecule has 0 atom stereocenters. The van der Waals surface area contributed by atoms with Crippen LogP contribution in [0.3, 0.4) is 0 Å². The number of carbonyl (C=O) groups excluding carboxylic acids is 1. The standard InChI is InChI=1S/C14H22N2O4/c1-16(2)8-10-20-9-7-15-14(18)11-5-4-6-12(19-3)13(11)17/h4-6,17H,7-10H2,1-3H3,(H,15,18). The van der Waals surface area contributed by atoms with E-state index in [2.05, 4.69) is 5.32 Å². The molecule has 0 saturated heterocycles. The number of nitrogens with zero attached hydrogens (tertiary/aromatic N) is 1. The van der Waals surface area contributed by atoms with Gasteiger partial charge in [0, 0.05) is 13.1 Å². The van der Waals surface area contributed by atoms with Crippen LogP contribution >= 0.6 is 0 Å². The van der Waals surface area contributed by atoms with Gasteiger partial charge in [-0.2, -0.15) is 0 Å². The van der Waals surface area contributed by atoms with E-state index in [1.165, 1.54) is 7.11 Å². The predicted octanol–water partition coefficient (Wildman–Crippen LogP) is 0.709. The summed E-state index contributed by atoms with van der Waals surface area (Å²) in [4.78, 5) is 13.9. The van der Waals surface area contributed by atoms with E-state index < -0.39 is 0 Å². The quantitative estimate of drug-likeness (QED) is 0.687. The third-order valence-electron chi connectivity index (χ3n) is 2.68. The van der Waals surface area contributed by atoms with Crippen LogP contribution in [-0.4, -0.2) is 63.4 Å². The number of nitrogens with one attached hydrogen (secondary N) is 1. The van der Waals surface area contributed by atoms with Crippen molar-refractivity contribution in [1.82, 2.24) is 10.2 Å². The van der Waals surface area contributed by atoms with Crippen molar-refractivity contribution < 1.29 is 19.4 Å². The Balaban J connectivity index is 2.36. The molecule has 0 aliphatic rings. The molecule has 0 fully saturated rings. The summed E-state index contributed by atoms with van der Waals surface area (Å²) in [5.74, 6) is -0.224. The van der Waals surface area contributed by atoms with Crippen LogP contribution < -0.4 is 10.1 Å². The van der Waals surface area contributed by atoms with Crippen molar-refractivity contribution in [2.75, 3.05) is 47.5 Å². The van der Waals surface area contributed by atoms with Gasteiger partial charge in [-0.15, -0.1) is 0 Å². The molecule has 1 rings (SSSR count). The summed E-state index contributed by atoms with van der Waals surface area (Å²) in [6.45, 7) is 2.28. The molecule has 6 heteroatoms. The summed E-state index contributed by atoms with van der Waals surface area (Å²) in [5, 5.41) is 12.5. The number of likely N-dealkylation sites (N-methyl/N-ethyl adjacent to an activating group) is 1. The van der Waals surface area contributed by atoms with Crippen molar-refractivity contribution >= 4 is 5.91 Å². The highest BCUT2D eigenvalue weighted by atomic mass is 16.5. The maximum absolute atomic E-state index is 11.9. The molecule has 0 spiro atoms. The molecule has 1 amide bonds. The highest BCUT2D eigenvalue weighted by Gasteiger charge is 2.13.